The van der Waals surface area contributed by atoms with E-state index in [2.05, 4.69) is 37.5 Å². The molecule has 0 aliphatic heterocycles. The zero-order valence-corrected chi connectivity index (χ0v) is 20.0. The van der Waals surface area contributed by atoms with Gasteiger partial charge in [-0.15, -0.1) is 0 Å². The number of aromatic amines is 1. The van der Waals surface area contributed by atoms with Gasteiger partial charge < -0.3 is 20.9 Å². The van der Waals surface area contributed by atoms with Crippen LogP contribution in [0.4, 0.5) is 17.3 Å². The zero-order chi connectivity index (χ0) is 24.9. The van der Waals surface area contributed by atoms with E-state index in [9.17, 15) is 9.59 Å². The Morgan fingerprint density at radius 1 is 1.08 bits per heavy atom. The summed E-state index contributed by atoms with van der Waals surface area (Å²) in [4.78, 5) is 36.8. The molecule has 9 heteroatoms. The zero-order valence-electron chi connectivity index (χ0n) is 19.3. The lowest BCUT2D eigenvalue weighted by Gasteiger charge is -2.69. The second-order valence-electron chi connectivity index (χ2n) is 9.58. The number of halogens is 1. The first kappa shape index (κ1) is 22.3. The van der Waals surface area contributed by atoms with E-state index in [4.69, 9.17) is 11.6 Å². The first-order chi connectivity index (χ1) is 17.4. The molecule has 3 saturated carbocycles. The average molecular weight is 499 g/mol. The van der Waals surface area contributed by atoms with Crippen LogP contribution in [-0.4, -0.2) is 32.3 Å². The maximum absolute atomic E-state index is 12.9. The van der Waals surface area contributed by atoms with Gasteiger partial charge in [0.25, 0.3) is 0 Å². The lowest BCUT2D eigenvalue weighted by atomic mass is 9.39. The van der Waals surface area contributed by atoms with Crippen LogP contribution in [0.2, 0.25) is 5.02 Å². The van der Waals surface area contributed by atoms with Crippen molar-refractivity contribution in [1.29, 1.82) is 0 Å². The Morgan fingerprint density at radius 2 is 1.86 bits per heavy atom. The van der Waals surface area contributed by atoms with Gasteiger partial charge in [0.05, 0.1) is 22.3 Å². The molecule has 7 rings (SSSR count). The summed E-state index contributed by atoms with van der Waals surface area (Å²) in [6, 6.07) is 15.3. The highest BCUT2D eigenvalue weighted by Gasteiger charge is 2.72. The fourth-order valence-corrected chi connectivity index (χ4v) is 5.62. The molecule has 3 aliphatic rings. The van der Waals surface area contributed by atoms with E-state index in [1.807, 2.05) is 54.7 Å². The Bertz CT molecular complexity index is 1520. The van der Waals surface area contributed by atoms with E-state index in [0.29, 0.717) is 41.6 Å². The number of nitrogens with zero attached hydrogens (tertiary/aromatic N) is 2. The molecule has 0 unspecified atom stereocenters. The average Bonchev–Trinajstić information content (AvgIpc) is 3.25. The Hall–Kier alpha value is -4.17. The summed E-state index contributed by atoms with van der Waals surface area (Å²) in [6.45, 7) is 3.49. The Balaban J connectivity index is 1.16. The fraction of sp³-hybridized carbons (Fsp3) is 0.185. The van der Waals surface area contributed by atoms with Crippen molar-refractivity contribution < 1.29 is 9.59 Å². The molecule has 0 radical (unpaired) electrons. The van der Waals surface area contributed by atoms with E-state index < -0.39 is 5.41 Å². The molecule has 4 N–H and O–H groups in total. The molecule has 3 aliphatic carbocycles. The van der Waals surface area contributed by atoms with Crippen LogP contribution in [-0.2, 0) is 9.59 Å². The SMILES string of the molecule is C=CC(=O)NC12CC(C(=O)Nc3cccc(Nc4ncc(Cl)c(-c5c[nH]c6ccccc56)n4)c3)(C1)C2. The number of nitrogens with one attached hydrogen (secondary N) is 4. The van der Waals surface area contributed by atoms with E-state index >= 15 is 0 Å². The van der Waals surface area contributed by atoms with Crippen molar-refractivity contribution in [3.8, 4) is 11.3 Å². The van der Waals surface area contributed by atoms with Crippen molar-refractivity contribution in [2.24, 2.45) is 5.41 Å². The number of hydrogen-bond donors (Lipinski definition) is 4. The van der Waals surface area contributed by atoms with Crippen molar-refractivity contribution >= 4 is 51.6 Å². The minimum atomic E-state index is -0.411. The summed E-state index contributed by atoms with van der Waals surface area (Å²) < 4.78 is 0. The Kier molecular flexibility index (Phi) is 5.08. The molecule has 2 amide bonds. The number of carbonyl (C=O) groups is 2. The molecule has 180 valence electrons. The molecule has 8 nitrogen and oxygen atoms in total. The summed E-state index contributed by atoms with van der Waals surface area (Å²) in [6.07, 6.45) is 6.68. The van der Waals surface area contributed by atoms with Gasteiger partial charge in [-0.05, 0) is 49.6 Å². The Morgan fingerprint density at radius 3 is 2.67 bits per heavy atom. The number of H-pyrrole nitrogens is 1. The fourth-order valence-electron chi connectivity index (χ4n) is 5.42. The molecule has 36 heavy (non-hydrogen) atoms. The molecule has 0 spiro atoms. The van der Waals surface area contributed by atoms with Gasteiger partial charge in [-0.3, -0.25) is 9.59 Å². The molecule has 2 bridgehead atoms. The lowest BCUT2D eigenvalue weighted by molar-refractivity contribution is -0.177. The minimum Gasteiger partial charge on any atom is -0.360 e. The van der Waals surface area contributed by atoms with E-state index in [0.717, 1.165) is 22.2 Å². The predicted octanol–water partition coefficient (Wildman–Crippen LogP) is 5.19. The quantitative estimate of drug-likeness (QED) is 0.262. The van der Waals surface area contributed by atoms with Crippen LogP contribution in [0, 0.1) is 5.41 Å². The minimum absolute atomic E-state index is 0.0289. The topological polar surface area (TPSA) is 112 Å². The van der Waals surface area contributed by atoms with Crippen molar-refractivity contribution in [3.63, 3.8) is 0 Å². The number of hydrogen-bond acceptors (Lipinski definition) is 5. The normalized spacial score (nSPS) is 21.7. The van der Waals surface area contributed by atoms with Crippen molar-refractivity contribution in [2.75, 3.05) is 10.6 Å². The largest absolute Gasteiger partial charge is 0.360 e. The molecule has 2 heterocycles. The van der Waals surface area contributed by atoms with Gasteiger partial charge in [-0.1, -0.05) is 42.4 Å². The second-order valence-corrected chi connectivity index (χ2v) is 9.99. The molecular weight excluding hydrogens is 476 g/mol. The first-order valence-corrected chi connectivity index (χ1v) is 12.0. The van der Waals surface area contributed by atoms with E-state index in [1.165, 1.54) is 6.08 Å². The molecule has 2 aromatic heterocycles. The van der Waals surface area contributed by atoms with Crippen LogP contribution in [0.3, 0.4) is 0 Å². The third kappa shape index (κ3) is 3.70. The Labute approximate surface area is 212 Å². The van der Waals surface area contributed by atoms with Gasteiger partial charge in [0.1, 0.15) is 0 Å². The summed E-state index contributed by atoms with van der Waals surface area (Å²) in [5, 5.41) is 10.6. The highest BCUT2D eigenvalue weighted by atomic mass is 35.5. The standard InChI is InChI=1S/C27H23ClN6O2/c1-2-22(35)34-27-13-26(14-27,15-27)24(36)31-16-6-5-7-17(10-16)32-25-30-12-20(28)23(33-25)19-11-29-21-9-4-3-8-18(19)21/h2-12,29H,1,13-15H2,(H,31,36)(H,34,35)(H,30,32,33). The van der Waals surface area contributed by atoms with Gasteiger partial charge in [0, 0.05) is 39.6 Å². The molecule has 3 fully saturated rings. The number of benzene rings is 2. The number of para-hydroxylation sites is 1. The number of carbonyl (C=O) groups excluding carboxylic acids is 2. The number of fused-ring (bicyclic) bond motifs is 1. The van der Waals surface area contributed by atoms with E-state index in [1.54, 1.807) is 6.20 Å². The van der Waals surface area contributed by atoms with Crippen LogP contribution < -0.4 is 16.0 Å². The maximum atomic E-state index is 12.9. The number of anilines is 3. The number of aromatic nitrogens is 3. The highest BCUT2D eigenvalue weighted by molar-refractivity contribution is 6.33. The smallest absolute Gasteiger partial charge is 0.243 e. The van der Waals surface area contributed by atoms with Gasteiger partial charge in [-0.2, -0.15) is 0 Å². The number of amides is 2. The van der Waals surface area contributed by atoms with Crippen molar-refractivity contribution in [2.45, 2.75) is 24.8 Å². The van der Waals surface area contributed by atoms with Crippen LogP contribution in [0.1, 0.15) is 19.3 Å². The molecule has 2 aromatic carbocycles. The maximum Gasteiger partial charge on any atom is 0.243 e. The van der Waals surface area contributed by atoms with Crippen LogP contribution >= 0.6 is 11.6 Å². The summed E-state index contributed by atoms with van der Waals surface area (Å²) in [7, 11) is 0. The highest BCUT2D eigenvalue weighted by Crippen LogP contribution is 2.67. The molecule has 0 atom stereocenters. The molecular formula is C27H23ClN6O2. The van der Waals surface area contributed by atoms with Crippen LogP contribution in [0.15, 0.2) is 73.6 Å². The summed E-state index contributed by atoms with van der Waals surface area (Å²) in [5.41, 5.74) is 3.25. The third-order valence-electron chi connectivity index (χ3n) is 7.05. The van der Waals surface area contributed by atoms with E-state index in [-0.39, 0.29) is 17.4 Å². The van der Waals surface area contributed by atoms with Crippen molar-refractivity contribution in [3.05, 3.63) is 78.6 Å². The monoisotopic (exact) mass is 498 g/mol. The number of rotatable bonds is 7. The third-order valence-corrected chi connectivity index (χ3v) is 7.33. The van der Waals surface area contributed by atoms with Gasteiger partial charge in [0.15, 0.2) is 0 Å². The lowest BCUT2D eigenvalue weighted by Crippen LogP contribution is -2.77. The summed E-state index contributed by atoms with van der Waals surface area (Å²) >= 11 is 6.44. The van der Waals surface area contributed by atoms with Gasteiger partial charge in [-0.25, -0.2) is 9.97 Å². The van der Waals surface area contributed by atoms with Crippen LogP contribution in [0.5, 0.6) is 0 Å². The molecule has 4 aromatic rings. The van der Waals surface area contributed by atoms with Gasteiger partial charge >= 0.3 is 0 Å². The van der Waals surface area contributed by atoms with Crippen LogP contribution in [0.25, 0.3) is 22.2 Å². The summed E-state index contributed by atoms with van der Waals surface area (Å²) in [5.74, 6) is 0.168. The van der Waals surface area contributed by atoms with Crippen molar-refractivity contribution in [1.82, 2.24) is 20.3 Å². The first-order valence-electron chi connectivity index (χ1n) is 11.6. The predicted molar refractivity (Wildman–Crippen MR) is 140 cm³/mol. The van der Waals surface area contributed by atoms with Gasteiger partial charge in [0.2, 0.25) is 17.8 Å². The molecule has 0 saturated heterocycles. The second kappa shape index (κ2) is 8.20.